The molecular weight excluding hydrogens is 248 g/mol. The van der Waals surface area contributed by atoms with Gasteiger partial charge < -0.3 is 14.4 Å². The minimum Gasteiger partial charge on any atom is -0.390 e. The van der Waals surface area contributed by atoms with E-state index in [-0.39, 0.29) is 6.04 Å². The van der Waals surface area contributed by atoms with Crippen LogP contribution in [0.15, 0.2) is 42.7 Å². The molecule has 0 amide bonds. The van der Waals surface area contributed by atoms with Crippen molar-refractivity contribution in [2.45, 2.75) is 12.5 Å². The van der Waals surface area contributed by atoms with E-state index in [9.17, 15) is 0 Å². The summed E-state index contributed by atoms with van der Waals surface area (Å²) in [4.78, 5) is 35.2. The third-order valence-corrected chi connectivity index (χ3v) is 3.42. The van der Waals surface area contributed by atoms with E-state index in [0.717, 1.165) is 17.0 Å². The lowest BCUT2D eigenvalue weighted by Gasteiger charge is -2.08. The van der Waals surface area contributed by atoms with Gasteiger partial charge in [0.05, 0.1) is 11.4 Å². The zero-order valence-corrected chi connectivity index (χ0v) is 10.7. The van der Waals surface area contributed by atoms with Gasteiger partial charge in [0.25, 0.3) is 0 Å². The summed E-state index contributed by atoms with van der Waals surface area (Å²) < 4.78 is 0. The van der Waals surface area contributed by atoms with Crippen molar-refractivity contribution in [3.05, 3.63) is 48.3 Å². The first-order chi connectivity index (χ1) is 8.54. The summed E-state index contributed by atoms with van der Waals surface area (Å²) in [5.74, 6) is 0. The molecule has 94 valence electrons. The Bertz CT molecular complexity index is 497. The zero-order valence-electron chi connectivity index (χ0n) is 9.69. The Hall–Kier alpha value is -1.60. The summed E-state index contributed by atoms with van der Waals surface area (Å²) in [6, 6.07) is 9.25. The van der Waals surface area contributed by atoms with Crippen molar-refractivity contribution < 1.29 is 14.4 Å². The van der Waals surface area contributed by atoms with E-state index in [1.807, 2.05) is 30.3 Å². The van der Waals surface area contributed by atoms with Gasteiger partial charge in [-0.1, -0.05) is 12.1 Å². The van der Waals surface area contributed by atoms with Crippen molar-refractivity contribution in [1.82, 2.24) is 9.97 Å². The van der Waals surface area contributed by atoms with Crippen molar-refractivity contribution in [3.63, 3.8) is 0 Å². The lowest BCUT2D eigenvalue weighted by atomic mass is 10.2. The summed E-state index contributed by atoms with van der Waals surface area (Å²) >= 11 is 0. The molecule has 0 aliphatic rings. The summed E-state index contributed by atoms with van der Waals surface area (Å²) in [7, 11) is -3.96. The first-order valence-corrected chi connectivity index (χ1v) is 7.63. The molecule has 0 spiro atoms. The Morgan fingerprint density at radius 1 is 0.944 bits per heavy atom. The molecule has 0 unspecified atom stereocenters. The summed E-state index contributed by atoms with van der Waals surface area (Å²) in [5, 5.41) is 0. The summed E-state index contributed by atoms with van der Waals surface area (Å²) in [5.41, 5.74) is 2.41. The van der Waals surface area contributed by atoms with Crippen molar-refractivity contribution in [1.29, 1.82) is 0 Å². The van der Waals surface area contributed by atoms with Crippen LogP contribution < -0.4 is 0 Å². The smallest absolute Gasteiger partial charge is 0.390 e. The van der Waals surface area contributed by atoms with Gasteiger partial charge in [0.15, 0.2) is 0 Å². The van der Waals surface area contributed by atoms with Crippen LogP contribution in [-0.2, 0) is 6.42 Å². The van der Waals surface area contributed by atoms with Gasteiger partial charge >= 0.3 is 8.80 Å². The van der Waals surface area contributed by atoms with Crippen LogP contribution in [0.25, 0.3) is 11.4 Å². The third kappa shape index (κ3) is 3.71. The van der Waals surface area contributed by atoms with Crippen LogP contribution in [0.2, 0.25) is 6.04 Å². The van der Waals surface area contributed by atoms with Crippen LogP contribution in [0.4, 0.5) is 0 Å². The predicted octanol–water partition coefficient (Wildman–Crippen LogP) is 0.602. The van der Waals surface area contributed by atoms with Crippen LogP contribution in [0, 0.1) is 0 Å². The average Bonchev–Trinajstić information content (AvgIpc) is 2.37. The maximum absolute atomic E-state index is 8.93. The molecule has 5 nitrogen and oxygen atoms in total. The van der Waals surface area contributed by atoms with Crippen LogP contribution >= 0.6 is 0 Å². The summed E-state index contributed by atoms with van der Waals surface area (Å²) in [6.07, 6.45) is 3.75. The maximum atomic E-state index is 8.93. The maximum Gasteiger partial charge on any atom is 0.493 e. The van der Waals surface area contributed by atoms with E-state index < -0.39 is 8.80 Å². The predicted molar refractivity (Wildman–Crippen MR) is 68.4 cm³/mol. The van der Waals surface area contributed by atoms with Gasteiger partial charge in [-0.25, -0.2) is 0 Å². The van der Waals surface area contributed by atoms with Crippen molar-refractivity contribution in [2.75, 3.05) is 0 Å². The van der Waals surface area contributed by atoms with Gasteiger partial charge in [-0.15, -0.1) is 0 Å². The second-order valence-corrected chi connectivity index (χ2v) is 6.09. The number of rotatable bonds is 4. The normalized spacial score (nSPS) is 11.5. The quantitative estimate of drug-likeness (QED) is 0.703. The molecule has 0 fully saturated rings. The Morgan fingerprint density at radius 3 is 2.28 bits per heavy atom. The van der Waals surface area contributed by atoms with E-state index in [4.69, 9.17) is 14.4 Å². The van der Waals surface area contributed by atoms with Gasteiger partial charge in [0, 0.05) is 18.4 Å². The number of aryl methyl sites for hydroxylation is 1. The molecule has 2 rings (SSSR count). The number of hydrogen-bond acceptors (Lipinski definition) is 5. The van der Waals surface area contributed by atoms with Gasteiger partial charge in [-0.05, 0) is 30.2 Å². The third-order valence-electron chi connectivity index (χ3n) is 2.50. The Kier molecular flexibility index (Phi) is 3.83. The molecule has 2 heterocycles. The lowest BCUT2D eigenvalue weighted by molar-refractivity contribution is 0.228. The molecular formula is C12H14N2O3Si. The number of pyridine rings is 2. The monoisotopic (exact) mass is 262 g/mol. The SMILES string of the molecule is O[Si](O)(O)CCc1ccc(-c2ccccn2)nc1. The molecule has 0 atom stereocenters. The molecule has 0 aromatic carbocycles. The van der Waals surface area contributed by atoms with Crippen LogP contribution in [-0.4, -0.2) is 33.2 Å². The largest absolute Gasteiger partial charge is 0.493 e. The molecule has 18 heavy (non-hydrogen) atoms. The Morgan fingerprint density at radius 2 is 1.72 bits per heavy atom. The molecule has 0 saturated carbocycles. The molecule has 0 aliphatic heterocycles. The van der Waals surface area contributed by atoms with E-state index in [2.05, 4.69) is 9.97 Å². The topological polar surface area (TPSA) is 86.5 Å². The molecule has 2 aromatic rings. The standard InChI is InChI=1S/C12H14N2O3Si/c15-18(16,17)8-6-10-4-5-12(14-9-10)11-3-1-2-7-13-11/h1-5,7,9,15-17H,6,8H2. The molecule has 3 N–H and O–H groups in total. The Labute approximate surface area is 106 Å². The van der Waals surface area contributed by atoms with Gasteiger partial charge in [-0.2, -0.15) is 0 Å². The van der Waals surface area contributed by atoms with Crippen molar-refractivity contribution >= 4 is 8.80 Å². The number of nitrogens with zero attached hydrogens (tertiary/aromatic N) is 2. The lowest BCUT2D eigenvalue weighted by Crippen LogP contribution is -2.34. The molecule has 0 bridgehead atoms. The fraction of sp³-hybridized carbons (Fsp3) is 0.167. The van der Waals surface area contributed by atoms with Crippen LogP contribution in [0.5, 0.6) is 0 Å². The average molecular weight is 262 g/mol. The molecule has 0 saturated heterocycles. The zero-order chi connectivity index (χ0) is 13.0. The van der Waals surface area contributed by atoms with E-state index >= 15 is 0 Å². The highest BCUT2D eigenvalue weighted by atomic mass is 28.4. The highest BCUT2D eigenvalue weighted by Crippen LogP contribution is 2.15. The molecule has 0 aliphatic carbocycles. The van der Waals surface area contributed by atoms with Crippen LogP contribution in [0.3, 0.4) is 0 Å². The van der Waals surface area contributed by atoms with Crippen molar-refractivity contribution in [3.8, 4) is 11.4 Å². The van der Waals surface area contributed by atoms with Crippen molar-refractivity contribution in [2.24, 2.45) is 0 Å². The minimum atomic E-state index is -3.96. The van der Waals surface area contributed by atoms with E-state index in [0.29, 0.717) is 6.42 Å². The summed E-state index contributed by atoms with van der Waals surface area (Å²) in [6.45, 7) is 0. The Balaban J connectivity index is 2.07. The van der Waals surface area contributed by atoms with E-state index in [1.54, 1.807) is 12.4 Å². The van der Waals surface area contributed by atoms with Gasteiger partial charge in [0.2, 0.25) is 0 Å². The first-order valence-electron chi connectivity index (χ1n) is 5.58. The first kappa shape index (κ1) is 12.8. The molecule has 0 radical (unpaired) electrons. The fourth-order valence-corrected chi connectivity index (χ4v) is 2.17. The molecule has 2 aromatic heterocycles. The fourth-order valence-electron chi connectivity index (χ4n) is 1.55. The molecule has 6 heteroatoms. The van der Waals surface area contributed by atoms with Gasteiger partial charge in [0.1, 0.15) is 0 Å². The second kappa shape index (κ2) is 5.36. The second-order valence-electron chi connectivity index (χ2n) is 4.04. The van der Waals surface area contributed by atoms with E-state index in [1.165, 1.54) is 0 Å². The van der Waals surface area contributed by atoms with Gasteiger partial charge in [-0.3, -0.25) is 9.97 Å². The van der Waals surface area contributed by atoms with Crippen LogP contribution in [0.1, 0.15) is 5.56 Å². The highest BCUT2D eigenvalue weighted by molar-refractivity contribution is 6.56. The highest BCUT2D eigenvalue weighted by Gasteiger charge is 2.25. The number of hydrogen-bond donors (Lipinski definition) is 3. The minimum absolute atomic E-state index is 0.0163. The number of aromatic nitrogens is 2.